The summed E-state index contributed by atoms with van der Waals surface area (Å²) in [5.41, 5.74) is 0. The van der Waals surface area contributed by atoms with Crippen LogP contribution in [0.25, 0.3) is 0 Å². The van der Waals surface area contributed by atoms with Crippen molar-refractivity contribution >= 4 is 0 Å². The Morgan fingerprint density at radius 3 is 2.56 bits per heavy atom. The fourth-order valence-electron chi connectivity index (χ4n) is 2.86. The average Bonchev–Trinajstić information content (AvgIpc) is 2.16. The minimum absolute atomic E-state index is 0.455. The van der Waals surface area contributed by atoms with E-state index in [4.69, 9.17) is 4.74 Å². The Morgan fingerprint density at radius 2 is 2.00 bits per heavy atom. The van der Waals surface area contributed by atoms with E-state index in [1.807, 2.05) is 0 Å². The zero-order valence-corrected chi connectivity index (χ0v) is 11.4. The molecule has 0 N–H and O–H groups in total. The van der Waals surface area contributed by atoms with E-state index in [0.29, 0.717) is 18.1 Å². The quantitative estimate of drug-likeness (QED) is 0.628. The van der Waals surface area contributed by atoms with Crippen molar-refractivity contribution in [1.29, 1.82) is 0 Å². The summed E-state index contributed by atoms with van der Waals surface area (Å²) in [6.07, 6.45) is 7.85. The monoisotopic (exact) mass is 224 g/mol. The minimum Gasteiger partial charge on any atom is -0.375 e. The molecule has 0 saturated carbocycles. The molecule has 1 heterocycles. The minimum atomic E-state index is 0.455. The normalized spacial score (nSPS) is 32.7. The number of hydrogen-bond donors (Lipinski definition) is 0. The summed E-state index contributed by atoms with van der Waals surface area (Å²) in [5, 5.41) is 0. The van der Waals surface area contributed by atoms with Gasteiger partial charge >= 0.3 is 0 Å². The molecule has 94 valence electrons. The molecule has 1 rings (SSSR count). The van der Waals surface area contributed by atoms with Crippen molar-refractivity contribution in [3.05, 3.63) is 12.7 Å². The van der Waals surface area contributed by atoms with Gasteiger partial charge < -0.3 is 4.74 Å². The highest BCUT2D eigenvalue weighted by atomic mass is 16.5. The van der Waals surface area contributed by atoms with Gasteiger partial charge in [-0.15, -0.1) is 6.58 Å². The lowest BCUT2D eigenvalue weighted by Gasteiger charge is -2.39. The van der Waals surface area contributed by atoms with E-state index in [0.717, 1.165) is 18.3 Å². The Hall–Kier alpha value is -0.300. The molecule has 16 heavy (non-hydrogen) atoms. The van der Waals surface area contributed by atoms with Crippen LogP contribution in [0.4, 0.5) is 0 Å². The van der Waals surface area contributed by atoms with Crippen LogP contribution in [0.2, 0.25) is 0 Å². The second kappa shape index (κ2) is 6.44. The number of rotatable bonds is 5. The van der Waals surface area contributed by atoms with Crippen LogP contribution in [0, 0.1) is 17.8 Å². The van der Waals surface area contributed by atoms with Crippen LogP contribution in [0.1, 0.15) is 53.4 Å². The Morgan fingerprint density at radius 1 is 1.31 bits per heavy atom. The van der Waals surface area contributed by atoms with Gasteiger partial charge in [0.1, 0.15) is 0 Å². The van der Waals surface area contributed by atoms with Crippen LogP contribution in [0.3, 0.4) is 0 Å². The molecule has 4 atom stereocenters. The van der Waals surface area contributed by atoms with Gasteiger partial charge in [0, 0.05) is 0 Å². The third-order valence-electron chi connectivity index (χ3n) is 3.76. The van der Waals surface area contributed by atoms with Gasteiger partial charge in [-0.2, -0.15) is 0 Å². The second-order valence-electron chi connectivity index (χ2n) is 5.86. The zero-order chi connectivity index (χ0) is 12.1. The van der Waals surface area contributed by atoms with Crippen LogP contribution in [-0.2, 0) is 4.74 Å². The molecule has 0 bridgehead atoms. The predicted octanol–water partition coefficient (Wildman–Crippen LogP) is 4.43. The Kier molecular flexibility index (Phi) is 5.54. The Bertz CT molecular complexity index is 207. The van der Waals surface area contributed by atoms with Gasteiger partial charge in [-0.3, -0.25) is 0 Å². The van der Waals surface area contributed by atoms with Crippen LogP contribution in [0.15, 0.2) is 12.7 Å². The maximum Gasteiger partial charge on any atom is 0.0612 e. The fraction of sp³-hybridized carbons (Fsp3) is 0.867. The molecule has 4 unspecified atom stereocenters. The van der Waals surface area contributed by atoms with E-state index in [9.17, 15) is 0 Å². The first kappa shape index (κ1) is 13.8. The molecule has 0 amide bonds. The van der Waals surface area contributed by atoms with Crippen LogP contribution in [0.5, 0.6) is 0 Å². The van der Waals surface area contributed by atoms with Crippen molar-refractivity contribution in [3.8, 4) is 0 Å². The lowest BCUT2D eigenvalue weighted by molar-refractivity contribution is -0.0959. The highest BCUT2D eigenvalue weighted by Crippen LogP contribution is 2.35. The largest absolute Gasteiger partial charge is 0.375 e. The summed E-state index contributed by atoms with van der Waals surface area (Å²) in [7, 11) is 0. The number of ether oxygens (including phenoxy) is 1. The van der Waals surface area contributed by atoms with Gasteiger partial charge in [-0.25, -0.2) is 0 Å². The zero-order valence-electron chi connectivity index (χ0n) is 11.4. The molecule has 1 heteroatoms. The molecule has 0 aromatic carbocycles. The highest BCUT2D eigenvalue weighted by molar-refractivity contribution is 4.85. The van der Waals surface area contributed by atoms with Gasteiger partial charge in [-0.1, -0.05) is 26.8 Å². The Labute approximate surface area is 101 Å². The molecule has 0 aromatic rings. The first-order chi connectivity index (χ1) is 7.54. The van der Waals surface area contributed by atoms with Crippen LogP contribution < -0.4 is 0 Å². The van der Waals surface area contributed by atoms with Crippen LogP contribution >= 0.6 is 0 Å². The van der Waals surface area contributed by atoms with Gasteiger partial charge in [0.15, 0.2) is 0 Å². The van der Waals surface area contributed by atoms with Gasteiger partial charge in [0.25, 0.3) is 0 Å². The fourth-order valence-corrected chi connectivity index (χ4v) is 2.86. The maximum atomic E-state index is 6.14. The molecule has 1 fully saturated rings. The van der Waals surface area contributed by atoms with Crippen molar-refractivity contribution in [2.24, 2.45) is 17.8 Å². The van der Waals surface area contributed by atoms with Crippen molar-refractivity contribution < 1.29 is 4.74 Å². The summed E-state index contributed by atoms with van der Waals surface area (Å²) in [4.78, 5) is 0. The summed E-state index contributed by atoms with van der Waals surface area (Å²) in [5.74, 6) is 2.18. The third kappa shape index (κ3) is 3.93. The van der Waals surface area contributed by atoms with E-state index in [-0.39, 0.29) is 0 Å². The molecule has 0 radical (unpaired) electrons. The van der Waals surface area contributed by atoms with Crippen molar-refractivity contribution in [3.63, 3.8) is 0 Å². The van der Waals surface area contributed by atoms with E-state index in [2.05, 4.69) is 40.3 Å². The maximum absolute atomic E-state index is 6.14. The smallest absolute Gasteiger partial charge is 0.0612 e. The lowest BCUT2D eigenvalue weighted by atomic mass is 9.78. The summed E-state index contributed by atoms with van der Waals surface area (Å²) < 4.78 is 6.14. The first-order valence-electron chi connectivity index (χ1n) is 6.81. The standard InChI is InChI=1S/C15H28O/c1-6-7-12(4)14-9-8-13(5)16-15(14)10-11(2)3/h6,11-15H,1,7-10H2,2-5H3. The highest BCUT2D eigenvalue weighted by Gasteiger charge is 2.32. The lowest BCUT2D eigenvalue weighted by Crippen LogP contribution is -2.38. The molecule has 0 spiro atoms. The molecular formula is C15H28O. The molecule has 1 saturated heterocycles. The first-order valence-corrected chi connectivity index (χ1v) is 6.81. The molecule has 0 aromatic heterocycles. The molecule has 0 aliphatic carbocycles. The van der Waals surface area contributed by atoms with E-state index >= 15 is 0 Å². The topological polar surface area (TPSA) is 9.23 Å². The summed E-state index contributed by atoms with van der Waals surface area (Å²) in [6.45, 7) is 13.0. The summed E-state index contributed by atoms with van der Waals surface area (Å²) in [6, 6.07) is 0. The van der Waals surface area contributed by atoms with E-state index in [1.165, 1.54) is 19.3 Å². The number of allylic oxidation sites excluding steroid dienone is 1. The van der Waals surface area contributed by atoms with Crippen molar-refractivity contribution in [1.82, 2.24) is 0 Å². The Balaban J connectivity index is 2.59. The van der Waals surface area contributed by atoms with Gasteiger partial charge in [-0.05, 0) is 50.4 Å². The van der Waals surface area contributed by atoms with Gasteiger partial charge in [0.05, 0.1) is 12.2 Å². The number of hydrogen-bond acceptors (Lipinski definition) is 1. The molecule has 1 aliphatic rings. The molecular weight excluding hydrogens is 196 g/mol. The third-order valence-corrected chi connectivity index (χ3v) is 3.76. The van der Waals surface area contributed by atoms with Crippen molar-refractivity contribution in [2.45, 2.75) is 65.6 Å². The SMILES string of the molecule is C=CCC(C)C1CCC(C)OC1CC(C)C. The molecule has 1 aliphatic heterocycles. The average molecular weight is 224 g/mol. The second-order valence-corrected chi connectivity index (χ2v) is 5.86. The van der Waals surface area contributed by atoms with Crippen LogP contribution in [-0.4, -0.2) is 12.2 Å². The predicted molar refractivity (Wildman–Crippen MR) is 70.5 cm³/mol. The van der Waals surface area contributed by atoms with E-state index in [1.54, 1.807) is 0 Å². The van der Waals surface area contributed by atoms with E-state index < -0.39 is 0 Å². The van der Waals surface area contributed by atoms with Gasteiger partial charge in [0.2, 0.25) is 0 Å². The molecule has 1 nitrogen and oxygen atoms in total. The summed E-state index contributed by atoms with van der Waals surface area (Å²) >= 11 is 0. The van der Waals surface area contributed by atoms with Crippen molar-refractivity contribution in [2.75, 3.05) is 0 Å².